The van der Waals surface area contributed by atoms with Gasteiger partial charge in [0.2, 0.25) is 5.91 Å². The average Bonchev–Trinajstić information content (AvgIpc) is 2.56. The van der Waals surface area contributed by atoms with Gasteiger partial charge in [0.1, 0.15) is 0 Å². The molecule has 122 valence electrons. The largest absolute Gasteiger partial charge is 0.369 e. The molecule has 7 nitrogen and oxygen atoms in total. The van der Waals surface area contributed by atoms with Gasteiger partial charge in [0, 0.05) is 26.0 Å². The van der Waals surface area contributed by atoms with Crippen molar-refractivity contribution in [2.24, 2.45) is 21.9 Å². The Balaban J connectivity index is 2.34. The molecule has 0 saturated carbocycles. The second kappa shape index (κ2) is 7.04. The molecule has 0 spiro atoms. The first kappa shape index (κ1) is 16.7. The highest BCUT2D eigenvalue weighted by Crippen LogP contribution is 2.27. The summed E-state index contributed by atoms with van der Waals surface area (Å²) in [7, 11) is 0. The minimum atomic E-state index is -0.370. The third kappa shape index (κ3) is 3.39. The Hall–Kier alpha value is -2.70. The number of likely N-dealkylation sites (tertiary alicyclic amines) is 1. The van der Waals surface area contributed by atoms with Crippen molar-refractivity contribution >= 4 is 30.9 Å². The highest BCUT2D eigenvalue weighted by molar-refractivity contribution is 6.00. The van der Waals surface area contributed by atoms with Crippen LogP contribution in [0.5, 0.6) is 0 Å². The van der Waals surface area contributed by atoms with Gasteiger partial charge in [-0.3, -0.25) is 9.59 Å². The number of anilines is 1. The predicted octanol–water partition coefficient (Wildman–Crippen LogP) is 1.45. The number of rotatable bonds is 5. The van der Waals surface area contributed by atoms with E-state index < -0.39 is 0 Å². The zero-order valence-corrected chi connectivity index (χ0v) is 13.2. The van der Waals surface area contributed by atoms with Crippen LogP contribution in [0.2, 0.25) is 0 Å². The summed E-state index contributed by atoms with van der Waals surface area (Å²) in [5.41, 5.74) is 6.33. The SMILES string of the molecule is C=NN(N=C)c1ccccc1C(=O)N1C[C@H](C(N)=O)CC[C@H]1C. The Labute approximate surface area is 135 Å². The molecule has 7 heteroatoms. The molecule has 23 heavy (non-hydrogen) atoms. The Kier molecular flexibility index (Phi) is 5.10. The van der Waals surface area contributed by atoms with E-state index in [1.165, 1.54) is 5.12 Å². The molecule has 1 aliphatic heterocycles. The number of benzene rings is 1. The molecule has 1 aliphatic rings. The number of nitrogens with zero attached hydrogens (tertiary/aromatic N) is 4. The van der Waals surface area contributed by atoms with Gasteiger partial charge in [0.15, 0.2) is 0 Å². The van der Waals surface area contributed by atoms with Gasteiger partial charge in [-0.2, -0.15) is 15.3 Å². The maximum atomic E-state index is 13.0. The van der Waals surface area contributed by atoms with Crippen LogP contribution in [0.1, 0.15) is 30.1 Å². The summed E-state index contributed by atoms with van der Waals surface area (Å²) >= 11 is 0. The van der Waals surface area contributed by atoms with Crippen LogP contribution in [-0.2, 0) is 4.79 Å². The lowest BCUT2D eigenvalue weighted by Gasteiger charge is -2.37. The highest BCUT2D eigenvalue weighted by Gasteiger charge is 2.33. The third-order valence-corrected chi connectivity index (χ3v) is 4.16. The molecule has 0 unspecified atom stereocenters. The van der Waals surface area contributed by atoms with Crippen LogP contribution < -0.4 is 10.9 Å². The summed E-state index contributed by atoms with van der Waals surface area (Å²) in [5.74, 6) is -0.866. The molecule has 1 saturated heterocycles. The van der Waals surface area contributed by atoms with Crippen molar-refractivity contribution in [1.82, 2.24) is 4.90 Å². The molecule has 2 amide bonds. The summed E-state index contributed by atoms with van der Waals surface area (Å²) in [4.78, 5) is 26.1. The van der Waals surface area contributed by atoms with E-state index in [0.29, 0.717) is 24.2 Å². The fourth-order valence-electron chi connectivity index (χ4n) is 2.80. The Morgan fingerprint density at radius 1 is 1.26 bits per heavy atom. The number of amides is 2. The highest BCUT2D eigenvalue weighted by atomic mass is 16.2. The third-order valence-electron chi connectivity index (χ3n) is 4.16. The zero-order valence-electron chi connectivity index (χ0n) is 13.2. The van der Waals surface area contributed by atoms with Crippen LogP contribution >= 0.6 is 0 Å². The maximum Gasteiger partial charge on any atom is 0.256 e. The van der Waals surface area contributed by atoms with Crippen molar-refractivity contribution in [2.75, 3.05) is 11.7 Å². The Morgan fingerprint density at radius 3 is 2.52 bits per heavy atom. The van der Waals surface area contributed by atoms with Crippen molar-refractivity contribution in [3.8, 4) is 0 Å². The molecule has 1 aromatic carbocycles. The van der Waals surface area contributed by atoms with Crippen molar-refractivity contribution in [3.05, 3.63) is 29.8 Å². The number of carbonyl (C=O) groups excluding carboxylic acids is 2. The summed E-state index contributed by atoms with van der Waals surface area (Å²) in [5, 5.41) is 8.67. The van der Waals surface area contributed by atoms with E-state index in [4.69, 9.17) is 5.73 Å². The van der Waals surface area contributed by atoms with E-state index in [0.717, 1.165) is 6.42 Å². The van der Waals surface area contributed by atoms with E-state index in [1.807, 2.05) is 6.92 Å². The molecule has 1 heterocycles. The molecule has 0 bridgehead atoms. The number of primary amides is 1. The first-order valence-electron chi connectivity index (χ1n) is 7.42. The van der Waals surface area contributed by atoms with Crippen LogP contribution in [0.25, 0.3) is 0 Å². The number of hydrazone groups is 2. The van der Waals surface area contributed by atoms with Crippen molar-refractivity contribution in [2.45, 2.75) is 25.8 Å². The van der Waals surface area contributed by atoms with Gasteiger partial charge < -0.3 is 10.6 Å². The van der Waals surface area contributed by atoms with E-state index >= 15 is 0 Å². The molecular weight excluding hydrogens is 294 g/mol. The fourth-order valence-corrected chi connectivity index (χ4v) is 2.80. The fraction of sp³-hybridized carbons (Fsp3) is 0.375. The van der Waals surface area contributed by atoms with E-state index in [2.05, 4.69) is 23.6 Å². The van der Waals surface area contributed by atoms with Gasteiger partial charge in [-0.15, -0.1) is 0 Å². The second-order valence-corrected chi connectivity index (χ2v) is 5.57. The van der Waals surface area contributed by atoms with Gasteiger partial charge >= 0.3 is 0 Å². The van der Waals surface area contributed by atoms with Crippen LogP contribution in [0.15, 0.2) is 34.5 Å². The molecule has 1 aromatic rings. The predicted molar refractivity (Wildman–Crippen MR) is 90.4 cm³/mol. The average molecular weight is 315 g/mol. The van der Waals surface area contributed by atoms with Gasteiger partial charge in [-0.25, -0.2) is 0 Å². The lowest BCUT2D eigenvalue weighted by atomic mass is 9.92. The molecule has 1 fully saturated rings. The first-order chi connectivity index (χ1) is 11.0. The summed E-state index contributed by atoms with van der Waals surface area (Å²) < 4.78 is 0. The summed E-state index contributed by atoms with van der Waals surface area (Å²) in [6.45, 7) is 9.15. The number of piperidine rings is 1. The van der Waals surface area contributed by atoms with Gasteiger partial charge in [0.05, 0.1) is 17.2 Å². The topological polar surface area (TPSA) is 91.4 Å². The van der Waals surface area contributed by atoms with Crippen molar-refractivity contribution < 1.29 is 9.59 Å². The molecule has 2 rings (SSSR count). The smallest absolute Gasteiger partial charge is 0.256 e. The number of para-hydroxylation sites is 1. The molecule has 2 N–H and O–H groups in total. The molecule has 2 atom stereocenters. The van der Waals surface area contributed by atoms with E-state index in [1.54, 1.807) is 29.2 Å². The molecule has 0 aromatic heterocycles. The lowest BCUT2D eigenvalue weighted by molar-refractivity contribution is -0.123. The minimum Gasteiger partial charge on any atom is -0.369 e. The monoisotopic (exact) mass is 315 g/mol. The van der Waals surface area contributed by atoms with Crippen LogP contribution in [-0.4, -0.2) is 42.7 Å². The van der Waals surface area contributed by atoms with Gasteiger partial charge in [-0.1, -0.05) is 12.1 Å². The number of nitrogens with two attached hydrogens (primary N) is 1. The van der Waals surface area contributed by atoms with Crippen molar-refractivity contribution in [1.29, 1.82) is 0 Å². The van der Waals surface area contributed by atoms with Gasteiger partial charge in [0.25, 0.3) is 5.91 Å². The van der Waals surface area contributed by atoms with E-state index in [9.17, 15) is 9.59 Å². The zero-order chi connectivity index (χ0) is 17.0. The Morgan fingerprint density at radius 2 is 1.91 bits per heavy atom. The molecular formula is C16H21N5O2. The van der Waals surface area contributed by atoms with Crippen LogP contribution in [0.3, 0.4) is 0 Å². The quantitative estimate of drug-likeness (QED) is 0.658. The van der Waals surface area contributed by atoms with Gasteiger partial charge in [-0.05, 0) is 31.9 Å². The molecule has 0 radical (unpaired) electrons. The van der Waals surface area contributed by atoms with Crippen molar-refractivity contribution in [3.63, 3.8) is 0 Å². The first-order valence-corrected chi connectivity index (χ1v) is 7.42. The van der Waals surface area contributed by atoms with E-state index in [-0.39, 0.29) is 23.8 Å². The number of hydrogen-bond donors (Lipinski definition) is 1. The number of hydrogen-bond acceptors (Lipinski definition) is 5. The normalized spacial score (nSPS) is 20.7. The maximum absolute atomic E-state index is 13.0. The lowest BCUT2D eigenvalue weighted by Crippen LogP contribution is -2.48. The summed E-state index contributed by atoms with van der Waals surface area (Å²) in [6.07, 6.45) is 1.45. The second-order valence-electron chi connectivity index (χ2n) is 5.57. The van der Waals surface area contributed by atoms with Crippen LogP contribution in [0.4, 0.5) is 5.69 Å². The summed E-state index contributed by atoms with van der Waals surface area (Å²) in [6, 6.07) is 6.99. The standard InChI is InChI=1S/C16H21N5O2/c1-11-8-9-12(15(17)22)10-20(11)16(23)13-6-4-5-7-14(13)21(18-2)19-3/h4-7,11-12H,2-3,8-10H2,1H3,(H2,17,22)/t11-,12-/m1/s1. The minimum absolute atomic E-state index is 0.0352. The van der Waals surface area contributed by atoms with Crippen LogP contribution in [0, 0.1) is 5.92 Å². The number of carbonyl (C=O) groups is 2. The molecule has 0 aliphatic carbocycles. The Bertz CT molecular complexity index is 623.